The summed E-state index contributed by atoms with van der Waals surface area (Å²) in [6.07, 6.45) is 1.08. The summed E-state index contributed by atoms with van der Waals surface area (Å²) in [5.41, 5.74) is 11.9. The molecule has 0 aromatic carbocycles. The molecular weight excluding hydrogens is 428 g/mol. The summed E-state index contributed by atoms with van der Waals surface area (Å²) in [6, 6.07) is 0.389. The molecule has 5 N–H and O–H groups in total. The first-order valence-electron chi connectivity index (χ1n) is 8.66. The van der Waals surface area contributed by atoms with Gasteiger partial charge in [-0.1, -0.05) is 27.7 Å². The zero-order chi connectivity index (χ0) is 18.1. The molecule has 8 atom stereocenters. The highest BCUT2D eigenvalue weighted by Crippen LogP contribution is 2.46. The predicted octanol–water partition coefficient (Wildman–Crippen LogP) is 0.483. The van der Waals surface area contributed by atoms with Gasteiger partial charge in [-0.2, -0.15) is 0 Å². The molecule has 0 aromatic heterocycles. The SMILES string of the molecule is CCOC(=O)C1C2CC(O)C(Br)CC2N(C)C1CSC1NNC(N)S1. The lowest BCUT2D eigenvalue weighted by Gasteiger charge is -2.36. The van der Waals surface area contributed by atoms with Crippen LogP contribution in [0.5, 0.6) is 0 Å². The van der Waals surface area contributed by atoms with Crippen LogP contribution in [-0.2, 0) is 9.53 Å². The fourth-order valence-electron chi connectivity index (χ4n) is 4.19. The number of carbonyl (C=O) groups is 1. The van der Waals surface area contributed by atoms with Crippen molar-refractivity contribution in [2.24, 2.45) is 17.6 Å². The van der Waals surface area contributed by atoms with Gasteiger partial charge in [0.05, 0.1) is 18.6 Å². The first-order chi connectivity index (χ1) is 11.9. The van der Waals surface area contributed by atoms with Crippen LogP contribution in [0.4, 0.5) is 0 Å². The number of rotatable bonds is 5. The van der Waals surface area contributed by atoms with Crippen LogP contribution in [0.2, 0.25) is 0 Å². The molecule has 3 rings (SSSR count). The monoisotopic (exact) mass is 454 g/mol. The maximum atomic E-state index is 12.7. The van der Waals surface area contributed by atoms with E-state index in [1.54, 1.807) is 23.5 Å². The second-order valence-electron chi connectivity index (χ2n) is 6.81. The van der Waals surface area contributed by atoms with E-state index < -0.39 is 6.10 Å². The van der Waals surface area contributed by atoms with Gasteiger partial charge in [-0.05, 0) is 32.7 Å². The van der Waals surface area contributed by atoms with Gasteiger partial charge < -0.3 is 15.6 Å². The van der Waals surface area contributed by atoms with Crippen molar-refractivity contribution in [1.82, 2.24) is 15.8 Å². The van der Waals surface area contributed by atoms with Gasteiger partial charge in [0.1, 0.15) is 10.2 Å². The lowest BCUT2D eigenvalue weighted by atomic mass is 9.77. The first-order valence-corrected chi connectivity index (χ1v) is 11.6. The Morgan fingerprint density at radius 3 is 2.88 bits per heavy atom. The van der Waals surface area contributed by atoms with Crippen LogP contribution in [0.25, 0.3) is 0 Å². The molecule has 0 amide bonds. The summed E-state index contributed by atoms with van der Waals surface area (Å²) in [4.78, 5) is 15.1. The summed E-state index contributed by atoms with van der Waals surface area (Å²) in [6.45, 7) is 2.23. The number of hydrazine groups is 1. The van der Waals surface area contributed by atoms with Crippen molar-refractivity contribution in [1.29, 1.82) is 0 Å². The third-order valence-electron chi connectivity index (χ3n) is 5.40. The van der Waals surface area contributed by atoms with E-state index in [0.29, 0.717) is 13.0 Å². The molecule has 0 aromatic rings. The van der Waals surface area contributed by atoms with Crippen LogP contribution in [0.3, 0.4) is 0 Å². The smallest absolute Gasteiger partial charge is 0.310 e. The molecule has 8 unspecified atom stereocenters. The van der Waals surface area contributed by atoms with Gasteiger partial charge in [-0.25, -0.2) is 10.9 Å². The van der Waals surface area contributed by atoms with Crippen molar-refractivity contribution in [3.63, 3.8) is 0 Å². The number of likely N-dealkylation sites (tertiary alicyclic amines) is 1. The highest BCUT2D eigenvalue weighted by atomic mass is 79.9. The summed E-state index contributed by atoms with van der Waals surface area (Å²) in [5, 5.41) is 10.3. The average molecular weight is 455 g/mol. The quantitative estimate of drug-likeness (QED) is 0.349. The topological polar surface area (TPSA) is 99.8 Å². The molecule has 0 radical (unpaired) electrons. The summed E-state index contributed by atoms with van der Waals surface area (Å²) >= 11 is 6.98. The first kappa shape index (κ1) is 20.2. The largest absolute Gasteiger partial charge is 0.466 e. The number of halogens is 1. The van der Waals surface area contributed by atoms with Gasteiger partial charge in [-0.15, -0.1) is 11.8 Å². The number of esters is 1. The fraction of sp³-hybridized carbons (Fsp3) is 0.933. The van der Waals surface area contributed by atoms with Gasteiger partial charge in [0.2, 0.25) is 0 Å². The number of ether oxygens (including phenoxy) is 1. The van der Waals surface area contributed by atoms with E-state index in [1.807, 2.05) is 6.92 Å². The lowest BCUT2D eigenvalue weighted by Crippen LogP contribution is -2.43. The number of thioether (sulfide) groups is 2. The average Bonchev–Trinajstić information content (AvgIpc) is 3.09. The Labute approximate surface area is 165 Å². The number of aliphatic hydroxyl groups excluding tert-OH is 1. The Bertz CT molecular complexity index is 492. The van der Waals surface area contributed by atoms with E-state index >= 15 is 0 Å². The number of alkyl halides is 1. The van der Waals surface area contributed by atoms with Crippen LogP contribution >= 0.6 is 39.5 Å². The highest BCUT2D eigenvalue weighted by molar-refractivity contribution is 9.09. The van der Waals surface area contributed by atoms with Gasteiger partial charge in [-0.3, -0.25) is 9.69 Å². The van der Waals surface area contributed by atoms with Crippen molar-refractivity contribution < 1.29 is 14.6 Å². The molecule has 2 aliphatic heterocycles. The van der Waals surface area contributed by atoms with Gasteiger partial charge in [0.25, 0.3) is 0 Å². The number of hydrogen-bond donors (Lipinski definition) is 4. The number of fused-ring (bicyclic) bond motifs is 1. The van der Waals surface area contributed by atoms with Gasteiger partial charge >= 0.3 is 5.97 Å². The summed E-state index contributed by atoms with van der Waals surface area (Å²) in [5.74, 6) is 0.637. The Kier molecular flexibility index (Phi) is 6.98. The van der Waals surface area contributed by atoms with Crippen LogP contribution in [-0.4, -0.2) is 68.6 Å². The van der Waals surface area contributed by atoms with Crippen LogP contribution < -0.4 is 16.6 Å². The molecular formula is C15H27BrN4O3S2. The number of nitrogens with two attached hydrogens (primary N) is 1. The Hall–Kier alpha value is 0.450. The van der Waals surface area contributed by atoms with E-state index in [-0.39, 0.29) is 44.9 Å². The van der Waals surface area contributed by atoms with E-state index in [1.165, 1.54) is 0 Å². The normalized spacial score (nSPS) is 44.7. The molecule has 7 nitrogen and oxygen atoms in total. The molecule has 10 heteroatoms. The van der Waals surface area contributed by atoms with Crippen molar-refractivity contribution in [2.75, 3.05) is 19.4 Å². The second-order valence-corrected chi connectivity index (χ2v) is 10.7. The molecule has 2 saturated heterocycles. The molecule has 3 aliphatic rings. The third kappa shape index (κ3) is 4.31. The minimum absolute atomic E-state index is 0.0831. The van der Waals surface area contributed by atoms with Crippen molar-refractivity contribution in [3.05, 3.63) is 0 Å². The Morgan fingerprint density at radius 1 is 1.48 bits per heavy atom. The van der Waals surface area contributed by atoms with E-state index in [0.717, 1.165) is 12.2 Å². The zero-order valence-corrected chi connectivity index (χ0v) is 17.6. The molecule has 25 heavy (non-hydrogen) atoms. The molecule has 1 saturated carbocycles. The Morgan fingerprint density at radius 2 is 2.24 bits per heavy atom. The molecule has 0 bridgehead atoms. The number of aliphatic hydroxyl groups is 1. The van der Waals surface area contributed by atoms with Crippen LogP contribution in [0.15, 0.2) is 0 Å². The summed E-state index contributed by atoms with van der Waals surface area (Å²) in [7, 11) is 2.10. The maximum Gasteiger partial charge on any atom is 0.310 e. The van der Waals surface area contributed by atoms with E-state index in [9.17, 15) is 9.90 Å². The molecule has 144 valence electrons. The van der Waals surface area contributed by atoms with Crippen molar-refractivity contribution in [2.45, 2.75) is 53.0 Å². The maximum absolute atomic E-state index is 12.7. The van der Waals surface area contributed by atoms with E-state index in [2.05, 4.69) is 38.7 Å². The molecule has 2 heterocycles. The summed E-state index contributed by atoms with van der Waals surface area (Å²) < 4.78 is 5.55. The molecule has 0 spiro atoms. The van der Waals surface area contributed by atoms with Crippen LogP contribution in [0.1, 0.15) is 19.8 Å². The standard InChI is InChI=1S/C15H27BrN4O3S2/c1-3-23-13(22)12-7-4-11(21)8(16)5-9(7)20(2)10(12)6-24-15-19-18-14(17)25-15/h7-12,14-15,18-19,21H,3-6,17H2,1-2H3. The Balaban J connectivity index is 1.72. The molecule has 3 fully saturated rings. The second kappa shape index (κ2) is 8.64. The zero-order valence-electron chi connectivity index (χ0n) is 14.4. The molecule has 1 aliphatic carbocycles. The lowest BCUT2D eigenvalue weighted by molar-refractivity contribution is -0.150. The fourth-order valence-corrected chi connectivity index (χ4v) is 7.21. The third-order valence-corrected chi connectivity index (χ3v) is 8.86. The number of nitrogens with one attached hydrogen (secondary N) is 2. The van der Waals surface area contributed by atoms with E-state index in [4.69, 9.17) is 10.5 Å². The minimum Gasteiger partial charge on any atom is -0.466 e. The highest BCUT2D eigenvalue weighted by Gasteiger charge is 2.54. The van der Waals surface area contributed by atoms with Crippen LogP contribution in [0, 0.1) is 11.8 Å². The van der Waals surface area contributed by atoms with Crippen molar-refractivity contribution in [3.8, 4) is 0 Å². The van der Waals surface area contributed by atoms with Crippen molar-refractivity contribution >= 4 is 45.4 Å². The number of nitrogens with zero attached hydrogens (tertiary/aromatic N) is 1. The van der Waals surface area contributed by atoms with Gasteiger partial charge in [0.15, 0.2) is 0 Å². The number of hydrogen-bond acceptors (Lipinski definition) is 9. The number of carbonyl (C=O) groups excluding carboxylic acids is 1. The predicted molar refractivity (Wildman–Crippen MR) is 105 cm³/mol. The van der Waals surface area contributed by atoms with Gasteiger partial charge in [0, 0.05) is 22.7 Å². The minimum atomic E-state index is -0.410.